The maximum Gasteiger partial charge on any atom is 0.416 e. The molecule has 9 heteroatoms. The van der Waals surface area contributed by atoms with Crippen molar-refractivity contribution in [2.24, 2.45) is 0 Å². The van der Waals surface area contributed by atoms with E-state index in [4.69, 9.17) is 9.47 Å². The monoisotopic (exact) mass is 376 g/mol. The molecule has 0 bridgehead atoms. The van der Waals surface area contributed by atoms with Crippen molar-refractivity contribution < 1.29 is 35.5 Å². The Balaban J connectivity index is 2.08. The van der Waals surface area contributed by atoms with Crippen LogP contribution in [-0.4, -0.2) is 21.6 Å². The SMILES string of the molecule is O=S(=O)(c1ccc(C(F)(F)F)cc1)c1cccc(F)c1C1OCCO1. The van der Waals surface area contributed by atoms with Crippen molar-refractivity contribution in [2.75, 3.05) is 13.2 Å². The molecule has 0 aromatic heterocycles. The largest absolute Gasteiger partial charge is 0.416 e. The van der Waals surface area contributed by atoms with E-state index in [-0.39, 0.29) is 23.7 Å². The zero-order chi connectivity index (χ0) is 18.2. The number of hydrogen-bond acceptors (Lipinski definition) is 4. The molecule has 134 valence electrons. The second-order valence-electron chi connectivity index (χ2n) is 5.25. The van der Waals surface area contributed by atoms with E-state index >= 15 is 0 Å². The van der Waals surface area contributed by atoms with Crippen LogP contribution in [0.5, 0.6) is 0 Å². The highest BCUT2D eigenvalue weighted by Gasteiger charge is 2.33. The highest BCUT2D eigenvalue weighted by Crippen LogP contribution is 2.35. The number of halogens is 4. The normalized spacial score (nSPS) is 16.3. The lowest BCUT2D eigenvalue weighted by Gasteiger charge is -2.16. The van der Waals surface area contributed by atoms with E-state index in [9.17, 15) is 26.0 Å². The van der Waals surface area contributed by atoms with E-state index in [1.165, 1.54) is 6.07 Å². The first-order valence-electron chi connectivity index (χ1n) is 7.15. The van der Waals surface area contributed by atoms with Gasteiger partial charge in [-0.2, -0.15) is 13.2 Å². The number of alkyl halides is 3. The molecule has 0 radical (unpaired) electrons. The summed E-state index contributed by atoms with van der Waals surface area (Å²) in [7, 11) is -4.26. The summed E-state index contributed by atoms with van der Waals surface area (Å²) in [6, 6.07) is 6.42. The molecular formula is C16H12F4O4S. The van der Waals surface area contributed by atoms with Gasteiger partial charge in [0.15, 0.2) is 6.29 Å². The molecule has 0 spiro atoms. The molecule has 4 nitrogen and oxygen atoms in total. The molecule has 0 amide bonds. The Morgan fingerprint density at radius 1 is 0.960 bits per heavy atom. The van der Waals surface area contributed by atoms with E-state index in [1.807, 2.05) is 0 Å². The fourth-order valence-electron chi connectivity index (χ4n) is 2.46. The van der Waals surface area contributed by atoms with Crippen LogP contribution in [0, 0.1) is 5.82 Å². The molecule has 1 saturated heterocycles. The lowest BCUT2D eigenvalue weighted by molar-refractivity contribution is -0.137. The molecule has 1 fully saturated rings. The van der Waals surface area contributed by atoms with Crippen LogP contribution in [0.1, 0.15) is 17.4 Å². The Bertz CT molecular complexity index is 870. The van der Waals surface area contributed by atoms with E-state index < -0.39 is 38.6 Å². The third-order valence-corrected chi connectivity index (χ3v) is 5.48. The molecule has 1 aliphatic heterocycles. The van der Waals surface area contributed by atoms with E-state index in [1.54, 1.807) is 0 Å². The second-order valence-corrected chi connectivity index (χ2v) is 7.17. The van der Waals surface area contributed by atoms with Crippen molar-refractivity contribution in [1.82, 2.24) is 0 Å². The highest BCUT2D eigenvalue weighted by atomic mass is 32.2. The lowest BCUT2D eigenvalue weighted by atomic mass is 10.2. The fraction of sp³-hybridized carbons (Fsp3) is 0.250. The van der Waals surface area contributed by atoms with Crippen LogP contribution in [0.15, 0.2) is 52.3 Å². The van der Waals surface area contributed by atoms with Gasteiger partial charge in [-0.05, 0) is 36.4 Å². The average Bonchev–Trinajstić information content (AvgIpc) is 3.08. The third-order valence-electron chi connectivity index (χ3n) is 3.65. The molecule has 0 N–H and O–H groups in total. The molecule has 0 atom stereocenters. The minimum Gasteiger partial charge on any atom is -0.346 e. The standard InChI is InChI=1S/C16H12F4O4S/c17-12-2-1-3-13(14(12)15-23-8-9-24-15)25(21,22)11-6-4-10(5-7-11)16(18,19)20/h1-7,15H,8-9H2. The maximum absolute atomic E-state index is 14.2. The van der Waals surface area contributed by atoms with Crippen LogP contribution < -0.4 is 0 Å². The minimum absolute atomic E-state index is 0.179. The summed E-state index contributed by atoms with van der Waals surface area (Å²) in [5, 5.41) is 0. The van der Waals surface area contributed by atoms with Gasteiger partial charge in [0.1, 0.15) is 5.82 Å². The van der Waals surface area contributed by atoms with E-state index in [2.05, 4.69) is 0 Å². The summed E-state index contributed by atoms with van der Waals surface area (Å²) in [5.74, 6) is -0.833. The summed E-state index contributed by atoms with van der Waals surface area (Å²) in [6.45, 7) is 0.359. The zero-order valence-corrected chi connectivity index (χ0v) is 13.4. The molecule has 2 aromatic rings. The number of ether oxygens (including phenoxy) is 2. The first-order valence-corrected chi connectivity index (χ1v) is 8.63. The number of benzene rings is 2. The first-order chi connectivity index (χ1) is 11.7. The summed E-state index contributed by atoms with van der Waals surface area (Å²) >= 11 is 0. The highest BCUT2D eigenvalue weighted by molar-refractivity contribution is 7.91. The van der Waals surface area contributed by atoms with Crippen molar-refractivity contribution >= 4 is 9.84 Å². The fourth-order valence-corrected chi connectivity index (χ4v) is 3.94. The first kappa shape index (κ1) is 17.8. The van der Waals surface area contributed by atoms with Gasteiger partial charge in [-0.1, -0.05) is 6.07 Å². The van der Waals surface area contributed by atoms with Crippen LogP contribution in [0.4, 0.5) is 17.6 Å². The van der Waals surface area contributed by atoms with Crippen molar-refractivity contribution in [1.29, 1.82) is 0 Å². The smallest absolute Gasteiger partial charge is 0.346 e. The molecular weight excluding hydrogens is 364 g/mol. The van der Waals surface area contributed by atoms with Gasteiger partial charge in [-0.25, -0.2) is 12.8 Å². The quantitative estimate of drug-likeness (QED) is 0.767. The van der Waals surface area contributed by atoms with Crippen molar-refractivity contribution in [2.45, 2.75) is 22.3 Å². The lowest BCUT2D eigenvalue weighted by Crippen LogP contribution is -2.12. The van der Waals surface area contributed by atoms with E-state index in [0.717, 1.165) is 24.3 Å². The molecule has 1 aliphatic rings. The molecule has 3 rings (SSSR count). The van der Waals surface area contributed by atoms with Crippen LogP contribution in [0.3, 0.4) is 0 Å². The van der Waals surface area contributed by atoms with Gasteiger partial charge in [-0.3, -0.25) is 0 Å². The van der Waals surface area contributed by atoms with Gasteiger partial charge in [0, 0.05) is 0 Å². The Morgan fingerprint density at radius 2 is 1.56 bits per heavy atom. The maximum atomic E-state index is 14.2. The zero-order valence-electron chi connectivity index (χ0n) is 12.6. The Kier molecular flexibility index (Phi) is 4.56. The number of sulfone groups is 1. The van der Waals surface area contributed by atoms with Crippen LogP contribution in [-0.2, 0) is 25.5 Å². The second kappa shape index (κ2) is 6.40. The van der Waals surface area contributed by atoms with Crippen LogP contribution in [0.2, 0.25) is 0 Å². The van der Waals surface area contributed by atoms with Gasteiger partial charge in [-0.15, -0.1) is 0 Å². The summed E-state index contributed by atoms with van der Waals surface area (Å²) in [5.41, 5.74) is -1.27. The molecule has 2 aromatic carbocycles. The van der Waals surface area contributed by atoms with Gasteiger partial charge >= 0.3 is 6.18 Å². The van der Waals surface area contributed by atoms with Crippen molar-refractivity contribution in [3.8, 4) is 0 Å². The number of rotatable bonds is 3. The van der Waals surface area contributed by atoms with Gasteiger partial charge < -0.3 is 9.47 Å². The van der Waals surface area contributed by atoms with Crippen LogP contribution >= 0.6 is 0 Å². The third kappa shape index (κ3) is 3.39. The summed E-state index contributed by atoms with van der Waals surface area (Å²) < 4.78 is 88.0. The van der Waals surface area contributed by atoms with E-state index in [0.29, 0.717) is 12.1 Å². The van der Waals surface area contributed by atoms with Crippen molar-refractivity contribution in [3.05, 3.63) is 59.4 Å². The Hall–Kier alpha value is -1.97. The molecule has 1 heterocycles. The average molecular weight is 376 g/mol. The summed E-state index contributed by atoms with van der Waals surface area (Å²) in [6.07, 6.45) is -5.77. The predicted octanol–water partition coefficient (Wildman–Crippen LogP) is 3.72. The molecule has 0 saturated carbocycles. The Labute approximate surface area is 140 Å². The molecule has 0 unspecified atom stereocenters. The minimum atomic E-state index is -4.59. The summed E-state index contributed by atoms with van der Waals surface area (Å²) in [4.78, 5) is -0.787. The van der Waals surface area contributed by atoms with Gasteiger partial charge in [0.05, 0.1) is 34.1 Å². The van der Waals surface area contributed by atoms with Gasteiger partial charge in [0.25, 0.3) is 0 Å². The van der Waals surface area contributed by atoms with Crippen molar-refractivity contribution in [3.63, 3.8) is 0 Å². The molecule has 0 aliphatic carbocycles. The predicted molar refractivity (Wildman–Crippen MR) is 77.9 cm³/mol. The Morgan fingerprint density at radius 3 is 2.12 bits per heavy atom. The topological polar surface area (TPSA) is 52.6 Å². The molecule has 25 heavy (non-hydrogen) atoms. The van der Waals surface area contributed by atoms with Crippen LogP contribution in [0.25, 0.3) is 0 Å². The van der Waals surface area contributed by atoms with Gasteiger partial charge in [0.2, 0.25) is 9.84 Å². The number of hydrogen-bond donors (Lipinski definition) is 0.